The van der Waals surface area contributed by atoms with Crippen LogP contribution in [0.3, 0.4) is 0 Å². The Morgan fingerprint density at radius 1 is 1.05 bits per heavy atom. The van der Waals surface area contributed by atoms with Gasteiger partial charge in [0.2, 0.25) is 0 Å². The highest BCUT2D eigenvalue weighted by Gasteiger charge is 2.19. The predicted molar refractivity (Wildman–Crippen MR) is 84.7 cm³/mol. The van der Waals surface area contributed by atoms with Crippen molar-refractivity contribution in [1.82, 2.24) is 5.32 Å². The number of carbonyl (C=O) groups is 1. The van der Waals surface area contributed by atoms with Gasteiger partial charge >= 0.3 is 0 Å². The van der Waals surface area contributed by atoms with Gasteiger partial charge in [-0.1, -0.05) is 42.5 Å². The molecule has 0 radical (unpaired) electrons. The zero-order chi connectivity index (χ0) is 15.4. The van der Waals surface area contributed by atoms with Crippen molar-refractivity contribution in [2.24, 2.45) is 4.99 Å². The zero-order valence-electron chi connectivity index (χ0n) is 11.9. The molecule has 0 saturated carbocycles. The topological polar surface area (TPSA) is 41.5 Å². The fourth-order valence-electron chi connectivity index (χ4n) is 2.30. The molecule has 0 unspecified atom stereocenters. The van der Waals surface area contributed by atoms with E-state index < -0.39 is 0 Å². The number of nitrogens with zero attached hydrogens (tertiary/aromatic N) is 1. The largest absolute Gasteiger partial charge is 0.309 e. The average molecular weight is 294 g/mol. The molecule has 1 N–H and O–H groups in total. The quantitative estimate of drug-likeness (QED) is 0.863. The molecule has 3 nitrogen and oxygen atoms in total. The zero-order valence-corrected chi connectivity index (χ0v) is 11.9. The first kappa shape index (κ1) is 14.2. The summed E-state index contributed by atoms with van der Waals surface area (Å²) in [6, 6.07) is 16.0. The molecule has 2 aromatic carbocycles. The molecule has 2 aromatic rings. The van der Waals surface area contributed by atoms with Crippen LogP contribution >= 0.6 is 0 Å². The third-order valence-electron chi connectivity index (χ3n) is 3.39. The van der Waals surface area contributed by atoms with Gasteiger partial charge < -0.3 is 5.32 Å². The summed E-state index contributed by atoms with van der Waals surface area (Å²) in [7, 11) is 0. The van der Waals surface area contributed by atoms with Crippen LogP contribution in [0.4, 0.5) is 4.39 Å². The number of aliphatic imine (C=N–C) groups is 1. The molecule has 22 heavy (non-hydrogen) atoms. The number of amides is 1. The molecule has 0 atom stereocenters. The molecule has 1 heterocycles. The summed E-state index contributed by atoms with van der Waals surface area (Å²) >= 11 is 0. The van der Waals surface area contributed by atoms with Crippen molar-refractivity contribution in [2.75, 3.05) is 0 Å². The number of amidine groups is 1. The van der Waals surface area contributed by atoms with E-state index in [2.05, 4.69) is 10.3 Å². The van der Waals surface area contributed by atoms with Gasteiger partial charge in [0.15, 0.2) is 0 Å². The Balaban J connectivity index is 1.69. The molecule has 0 spiro atoms. The summed E-state index contributed by atoms with van der Waals surface area (Å²) in [4.78, 5) is 16.2. The van der Waals surface area contributed by atoms with Crippen molar-refractivity contribution in [1.29, 1.82) is 0 Å². The van der Waals surface area contributed by atoms with E-state index in [1.165, 1.54) is 12.1 Å². The van der Waals surface area contributed by atoms with Gasteiger partial charge in [-0.05, 0) is 35.8 Å². The van der Waals surface area contributed by atoms with E-state index in [1.54, 1.807) is 12.1 Å². The van der Waals surface area contributed by atoms with Gasteiger partial charge in [0.25, 0.3) is 5.91 Å². The summed E-state index contributed by atoms with van der Waals surface area (Å²) in [5.41, 5.74) is 2.22. The smallest absolute Gasteiger partial charge is 0.275 e. The number of aryl methyl sites for hydroxylation is 1. The number of hydrogen-bond acceptors (Lipinski definition) is 2. The molecular weight excluding hydrogens is 279 g/mol. The molecular formula is C18H15FN2O. The van der Waals surface area contributed by atoms with E-state index in [4.69, 9.17) is 0 Å². The highest BCUT2D eigenvalue weighted by molar-refractivity contribution is 6.14. The Kier molecular flexibility index (Phi) is 4.10. The van der Waals surface area contributed by atoms with Crippen LogP contribution in [0.15, 0.2) is 65.3 Å². The first-order valence-corrected chi connectivity index (χ1v) is 7.11. The number of nitrogens with one attached hydrogen (secondary N) is 1. The molecule has 3 rings (SSSR count). The maximum atomic E-state index is 13.1. The van der Waals surface area contributed by atoms with Crippen molar-refractivity contribution in [3.8, 4) is 0 Å². The number of hydrogen-bond donors (Lipinski definition) is 1. The standard InChI is InChI=1S/C18H15FN2O/c19-15-8-4-7-14(11-15)9-10-17-20-16(18(22)21-17)12-13-5-2-1-3-6-13/h1-8,11-12H,9-10H2,(H,20,21,22)/b16-12+. The predicted octanol–water partition coefficient (Wildman–Crippen LogP) is 3.33. The van der Waals surface area contributed by atoms with Gasteiger partial charge in [0.05, 0.1) is 0 Å². The van der Waals surface area contributed by atoms with Crippen LogP contribution in [0.5, 0.6) is 0 Å². The molecule has 1 aliphatic rings. The number of halogens is 1. The maximum Gasteiger partial charge on any atom is 0.275 e. The highest BCUT2D eigenvalue weighted by atomic mass is 19.1. The third-order valence-corrected chi connectivity index (χ3v) is 3.39. The minimum absolute atomic E-state index is 0.196. The molecule has 1 amide bonds. The summed E-state index contributed by atoms with van der Waals surface area (Å²) < 4.78 is 13.1. The molecule has 1 aliphatic heterocycles. The Morgan fingerprint density at radius 3 is 2.64 bits per heavy atom. The van der Waals surface area contributed by atoms with Gasteiger partial charge in [-0.25, -0.2) is 9.38 Å². The van der Waals surface area contributed by atoms with E-state index in [0.29, 0.717) is 24.4 Å². The molecule has 0 aliphatic carbocycles. The molecule has 0 bridgehead atoms. The lowest BCUT2D eigenvalue weighted by molar-refractivity contribution is -0.115. The van der Waals surface area contributed by atoms with Crippen LogP contribution in [0.1, 0.15) is 17.5 Å². The third kappa shape index (κ3) is 3.47. The van der Waals surface area contributed by atoms with E-state index in [0.717, 1.165) is 11.1 Å². The number of rotatable bonds is 4. The van der Waals surface area contributed by atoms with Gasteiger partial charge in [-0.15, -0.1) is 0 Å². The molecule has 0 fully saturated rings. The lowest BCUT2D eigenvalue weighted by Gasteiger charge is -2.01. The Labute approximate surface area is 128 Å². The van der Waals surface area contributed by atoms with Gasteiger partial charge in [-0.2, -0.15) is 0 Å². The second-order valence-corrected chi connectivity index (χ2v) is 5.08. The first-order valence-electron chi connectivity index (χ1n) is 7.11. The summed E-state index contributed by atoms with van der Waals surface area (Å²) in [6.07, 6.45) is 2.96. The Bertz CT molecular complexity index is 751. The van der Waals surface area contributed by atoms with Crippen LogP contribution in [0.25, 0.3) is 6.08 Å². The van der Waals surface area contributed by atoms with Gasteiger partial charge in [-0.3, -0.25) is 4.79 Å². The lowest BCUT2D eigenvalue weighted by atomic mass is 10.1. The molecule has 0 saturated heterocycles. The summed E-state index contributed by atoms with van der Waals surface area (Å²) in [5.74, 6) is 0.175. The lowest BCUT2D eigenvalue weighted by Crippen LogP contribution is -2.24. The van der Waals surface area contributed by atoms with Crippen molar-refractivity contribution >= 4 is 17.8 Å². The van der Waals surface area contributed by atoms with Crippen LogP contribution in [0, 0.1) is 5.82 Å². The van der Waals surface area contributed by atoms with E-state index >= 15 is 0 Å². The summed E-state index contributed by atoms with van der Waals surface area (Å²) in [6.45, 7) is 0. The van der Waals surface area contributed by atoms with E-state index in [9.17, 15) is 9.18 Å². The fourth-order valence-corrected chi connectivity index (χ4v) is 2.30. The normalized spacial score (nSPS) is 15.8. The second-order valence-electron chi connectivity index (χ2n) is 5.08. The van der Waals surface area contributed by atoms with Crippen LogP contribution < -0.4 is 5.32 Å². The maximum absolute atomic E-state index is 13.1. The molecule has 0 aromatic heterocycles. The second kappa shape index (κ2) is 6.35. The van der Waals surface area contributed by atoms with Crippen molar-refractivity contribution in [3.63, 3.8) is 0 Å². The Hall–Kier alpha value is -2.75. The molecule has 110 valence electrons. The summed E-state index contributed by atoms with van der Waals surface area (Å²) in [5, 5.41) is 2.76. The van der Waals surface area contributed by atoms with Crippen LogP contribution in [0.2, 0.25) is 0 Å². The van der Waals surface area contributed by atoms with Crippen LogP contribution in [-0.4, -0.2) is 11.7 Å². The first-order chi connectivity index (χ1) is 10.7. The molecule has 4 heteroatoms. The minimum Gasteiger partial charge on any atom is -0.309 e. The fraction of sp³-hybridized carbons (Fsp3) is 0.111. The van der Waals surface area contributed by atoms with Gasteiger partial charge in [0, 0.05) is 6.42 Å². The monoisotopic (exact) mass is 294 g/mol. The Morgan fingerprint density at radius 2 is 1.86 bits per heavy atom. The van der Waals surface area contributed by atoms with E-state index in [1.807, 2.05) is 36.4 Å². The number of carbonyl (C=O) groups excluding carboxylic acids is 1. The van der Waals surface area contributed by atoms with Crippen molar-refractivity contribution in [3.05, 3.63) is 77.2 Å². The SMILES string of the molecule is O=C1NC(CCc2cccc(F)c2)=N/C1=C/c1ccccc1. The number of benzene rings is 2. The van der Waals surface area contributed by atoms with Crippen molar-refractivity contribution in [2.45, 2.75) is 12.8 Å². The minimum atomic E-state index is -0.250. The van der Waals surface area contributed by atoms with Gasteiger partial charge in [0.1, 0.15) is 17.3 Å². The van der Waals surface area contributed by atoms with Crippen LogP contribution in [-0.2, 0) is 11.2 Å². The van der Waals surface area contributed by atoms with E-state index in [-0.39, 0.29) is 11.7 Å². The average Bonchev–Trinajstić information content (AvgIpc) is 2.87. The van der Waals surface area contributed by atoms with Crippen molar-refractivity contribution < 1.29 is 9.18 Å². The highest BCUT2D eigenvalue weighted by Crippen LogP contribution is 2.14.